The number of benzene rings is 1. The van der Waals surface area contributed by atoms with Crippen LogP contribution in [0, 0.1) is 6.92 Å². The van der Waals surface area contributed by atoms with Crippen LogP contribution in [0.4, 0.5) is 0 Å². The van der Waals surface area contributed by atoms with Gasteiger partial charge in [0.25, 0.3) is 0 Å². The molecule has 0 bridgehead atoms. The van der Waals surface area contributed by atoms with Crippen molar-refractivity contribution in [3.8, 4) is 11.5 Å². The molecule has 0 aromatic heterocycles. The van der Waals surface area contributed by atoms with Gasteiger partial charge in [-0.3, -0.25) is 4.79 Å². The lowest BCUT2D eigenvalue weighted by atomic mass is 10.0. The fraction of sp³-hybridized carbons (Fsp3) is 0.300. The van der Waals surface area contributed by atoms with Crippen molar-refractivity contribution in [1.82, 2.24) is 0 Å². The van der Waals surface area contributed by atoms with Gasteiger partial charge >= 0.3 is 5.97 Å². The van der Waals surface area contributed by atoms with E-state index in [2.05, 4.69) is 0 Å². The number of hydrogen-bond donors (Lipinski definition) is 1. The first-order valence-electron chi connectivity index (χ1n) is 4.39. The first kappa shape index (κ1) is 10.1. The lowest BCUT2D eigenvalue weighted by Gasteiger charge is -2.08. The molecule has 80 valence electrons. The molecule has 0 spiro atoms. The monoisotopic (exact) mass is 228 g/mol. The molecule has 1 aromatic carbocycles. The van der Waals surface area contributed by atoms with Crippen LogP contribution in [0.3, 0.4) is 0 Å². The van der Waals surface area contributed by atoms with Crippen molar-refractivity contribution < 1.29 is 19.4 Å². The van der Waals surface area contributed by atoms with Crippen LogP contribution in [0.5, 0.6) is 11.5 Å². The van der Waals surface area contributed by atoms with Crippen LogP contribution in [0.2, 0.25) is 5.02 Å². The minimum absolute atomic E-state index is 0.0673. The third-order valence-corrected chi connectivity index (χ3v) is 2.75. The van der Waals surface area contributed by atoms with Gasteiger partial charge in [-0.05, 0) is 24.1 Å². The van der Waals surface area contributed by atoms with Crippen molar-refractivity contribution in [3.05, 3.63) is 22.2 Å². The summed E-state index contributed by atoms with van der Waals surface area (Å²) in [5, 5.41) is 9.15. The van der Waals surface area contributed by atoms with E-state index in [9.17, 15) is 4.79 Å². The van der Waals surface area contributed by atoms with Crippen molar-refractivity contribution in [2.75, 3.05) is 6.79 Å². The van der Waals surface area contributed by atoms with Crippen molar-refractivity contribution in [2.24, 2.45) is 0 Å². The summed E-state index contributed by atoms with van der Waals surface area (Å²) in [7, 11) is 0. The highest BCUT2D eigenvalue weighted by atomic mass is 35.5. The fourth-order valence-electron chi connectivity index (χ4n) is 1.49. The maximum Gasteiger partial charge on any atom is 0.307 e. The SMILES string of the molecule is Cc1c(CC(=O)O)cc2c(c1Cl)OCO2. The van der Waals surface area contributed by atoms with E-state index < -0.39 is 5.97 Å². The summed E-state index contributed by atoms with van der Waals surface area (Å²) in [6.45, 7) is 1.90. The van der Waals surface area contributed by atoms with E-state index in [1.54, 1.807) is 13.0 Å². The van der Waals surface area contributed by atoms with Crippen molar-refractivity contribution in [2.45, 2.75) is 13.3 Å². The fourth-order valence-corrected chi connectivity index (χ4v) is 1.76. The zero-order chi connectivity index (χ0) is 11.0. The molecule has 1 aromatic rings. The van der Waals surface area contributed by atoms with Gasteiger partial charge in [0.05, 0.1) is 11.4 Å². The summed E-state index contributed by atoms with van der Waals surface area (Å²) < 4.78 is 10.3. The Morgan fingerprint density at radius 1 is 1.60 bits per heavy atom. The molecule has 1 N–H and O–H groups in total. The maximum absolute atomic E-state index is 10.6. The highest BCUT2D eigenvalue weighted by Crippen LogP contribution is 2.42. The Bertz CT molecular complexity index is 428. The molecular formula is C10H9ClO4. The number of carboxylic acid groups (broad SMARTS) is 1. The maximum atomic E-state index is 10.6. The third kappa shape index (κ3) is 1.72. The summed E-state index contributed by atoms with van der Waals surface area (Å²) in [6, 6.07) is 1.66. The highest BCUT2D eigenvalue weighted by Gasteiger charge is 2.21. The van der Waals surface area contributed by atoms with E-state index in [0.29, 0.717) is 22.1 Å². The van der Waals surface area contributed by atoms with Gasteiger partial charge < -0.3 is 14.6 Å². The molecular weight excluding hydrogens is 220 g/mol. The standard InChI is InChI=1S/C10H9ClO4/c1-5-6(3-8(12)13)2-7-10(9(5)11)15-4-14-7/h2H,3-4H2,1H3,(H,12,13). The number of aliphatic carboxylic acids is 1. The molecule has 0 fully saturated rings. The number of carbonyl (C=O) groups is 1. The summed E-state index contributed by atoms with van der Waals surface area (Å²) in [6.07, 6.45) is -0.0673. The lowest BCUT2D eigenvalue weighted by molar-refractivity contribution is -0.136. The molecule has 2 rings (SSSR count). The van der Waals surface area contributed by atoms with Gasteiger partial charge in [0.2, 0.25) is 6.79 Å². The van der Waals surface area contributed by atoms with Gasteiger partial charge in [-0.25, -0.2) is 0 Å². The van der Waals surface area contributed by atoms with Gasteiger partial charge in [-0.2, -0.15) is 0 Å². The van der Waals surface area contributed by atoms with E-state index in [-0.39, 0.29) is 13.2 Å². The molecule has 1 aliphatic heterocycles. The van der Waals surface area contributed by atoms with E-state index in [1.165, 1.54) is 0 Å². The van der Waals surface area contributed by atoms with Crippen LogP contribution in [-0.2, 0) is 11.2 Å². The topological polar surface area (TPSA) is 55.8 Å². The van der Waals surface area contributed by atoms with Gasteiger partial charge in [-0.15, -0.1) is 0 Å². The first-order valence-corrected chi connectivity index (χ1v) is 4.76. The van der Waals surface area contributed by atoms with E-state index in [1.807, 2.05) is 0 Å². The second-order valence-corrected chi connectivity index (χ2v) is 3.66. The first-order chi connectivity index (χ1) is 7.09. The molecule has 1 heterocycles. The predicted octanol–water partition coefficient (Wildman–Crippen LogP) is 2.00. The molecule has 15 heavy (non-hydrogen) atoms. The minimum atomic E-state index is -0.895. The normalized spacial score (nSPS) is 12.9. The van der Waals surface area contributed by atoms with E-state index >= 15 is 0 Å². The summed E-state index contributed by atoms with van der Waals surface area (Å²) in [5.41, 5.74) is 1.38. The molecule has 0 radical (unpaired) electrons. The average molecular weight is 229 g/mol. The zero-order valence-electron chi connectivity index (χ0n) is 8.04. The second-order valence-electron chi connectivity index (χ2n) is 3.28. The number of rotatable bonds is 2. The molecule has 0 unspecified atom stereocenters. The Labute approximate surface area is 91.4 Å². The van der Waals surface area contributed by atoms with Crippen LogP contribution in [-0.4, -0.2) is 17.9 Å². The zero-order valence-corrected chi connectivity index (χ0v) is 8.80. The molecule has 1 aliphatic rings. The van der Waals surface area contributed by atoms with Gasteiger partial charge in [0, 0.05) is 0 Å². The average Bonchev–Trinajstić information content (AvgIpc) is 2.61. The van der Waals surface area contributed by atoms with Crippen molar-refractivity contribution >= 4 is 17.6 Å². The Kier molecular flexibility index (Phi) is 2.44. The number of carboxylic acids is 1. The Hall–Kier alpha value is -1.42. The second kappa shape index (κ2) is 3.62. The number of ether oxygens (including phenoxy) is 2. The molecule has 0 saturated carbocycles. The van der Waals surface area contributed by atoms with Gasteiger partial charge in [0.1, 0.15) is 0 Å². The number of halogens is 1. The predicted molar refractivity (Wildman–Crippen MR) is 53.7 cm³/mol. The number of fused-ring (bicyclic) bond motifs is 1. The Morgan fingerprint density at radius 2 is 2.33 bits per heavy atom. The molecule has 0 aliphatic carbocycles. The van der Waals surface area contributed by atoms with Crippen LogP contribution in [0.1, 0.15) is 11.1 Å². The quantitative estimate of drug-likeness (QED) is 0.841. The smallest absolute Gasteiger partial charge is 0.307 e. The summed E-state index contributed by atoms with van der Waals surface area (Å²) >= 11 is 6.03. The van der Waals surface area contributed by atoms with Gasteiger partial charge in [0.15, 0.2) is 11.5 Å². The molecule has 0 amide bonds. The van der Waals surface area contributed by atoms with Gasteiger partial charge in [-0.1, -0.05) is 11.6 Å². The summed E-state index contributed by atoms with van der Waals surface area (Å²) in [4.78, 5) is 10.6. The largest absolute Gasteiger partial charge is 0.481 e. The molecule has 4 nitrogen and oxygen atoms in total. The van der Waals surface area contributed by atoms with Crippen LogP contribution >= 0.6 is 11.6 Å². The highest BCUT2D eigenvalue weighted by molar-refractivity contribution is 6.33. The van der Waals surface area contributed by atoms with E-state index in [4.69, 9.17) is 26.2 Å². The lowest BCUT2D eigenvalue weighted by Crippen LogP contribution is -2.02. The van der Waals surface area contributed by atoms with Crippen LogP contribution in [0.15, 0.2) is 6.07 Å². The van der Waals surface area contributed by atoms with Crippen LogP contribution in [0.25, 0.3) is 0 Å². The molecule has 0 saturated heterocycles. The van der Waals surface area contributed by atoms with Crippen molar-refractivity contribution in [3.63, 3.8) is 0 Å². The molecule has 5 heteroatoms. The minimum Gasteiger partial charge on any atom is -0.481 e. The number of hydrogen-bond acceptors (Lipinski definition) is 3. The van der Waals surface area contributed by atoms with Crippen LogP contribution < -0.4 is 9.47 Å². The van der Waals surface area contributed by atoms with E-state index in [0.717, 1.165) is 5.56 Å². The third-order valence-electron chi connectivity index (χ3n) is 2.30. The summed E-state index contributed by atoms with van der Waals surface area (Å²) in [5.74, 6) is 0.123. The Morgan fingerprint density at radius 3 is 3.00 bits per heavy atom. The van der Waals surface area contributed by atoms with Crippen molar-refractivity contribution in [1.29, 1.82) is 0 Å². The molecule has 0 atom stereocenters. The Balaban J connectivity index is 2.49.